The van der Waals surface area contributed by atoms with E-state index >= 15 is 0 Å². The average molecular weight is 174 g/mol. The summed E-state index contributed by atoms with van der Waals surface area (Å²) in [6, 6.07) is 0. The fourth-order valence-corrected chi connectivity index (χ4v) is 0.458. The molecule has 0 saturated carbocycles. The Morgan fingerprint density at radius 2 is 2.12 bits per heavy atom. The SMILES string of the molecule is Cl.Cl.Nc1cnns1. The quantitative estimate of drug-likeness (QED) is 0.637. The van der Waals surface area contributed by atoms with Crippen LogP contribution in [0.5, 0.6) is 0 Å². The largest absolute Gasteiger partial charge is 0.388 e. The molecule has 1 aromatic heterocycles. The molecular formula is C2H5Cl2N3S. The first kappa shape index (κ1) is 10.8. The van der Waals surface area contributed by atoms with Gasteiger partial charge in [-0.25, -0.2) is 0 Å². The molecular weight excluding hydrogens is 169 g/mol. The number of aromatic nitrogens is 2. The van der Waals surface area contributed by atoms with Crippen LogP contribution < -0.4 is 5.73 Å². The number of anilines is 1. The van der Waals surface area contributed by atoms with E-state index in [2.05, 4.69) is 9.59 Å². The summed E-state index contributed by atoms with van der Waals surface area (Å²) in [5.74, 6) is 0. The van der Waals surface area contributed by atoms with E-state index in [4.69, 9.17) is 5.73 Å². The summed E-state index contributed by atoms with van der Waals surface area (Å²) in [6.07, 6.45) is 1.52. The van der Waals surface area contributed by atoms with Crippen molar-refractivity contribution in [2.45, 2.75) is 0 Å². The molecule has 0 radical (unpaired) electrons. The zero-order valence-electron chi connectivity index (χ0n) is 3.77. The van der Waals surface area contributed by atoms with Crippen LogP contribution in [0.25, 0.3) is 0 Å². The van der Waals surface area contributed by atoms with Crippen LogP contribution in [0.4, 0.5) is 5.00 Å². The third-order valence-electron chi connectivity index (χ3n) is 0.378. The van der Waals surface area contributed by atoms with Crippen LogP contribution in [0.1, 0.15) is 0 Å². The molecule has 0 aliphatic rings. The van der Waals surface area contributed by atoms with Crippen LogP contribution in [0.2, 0.25) is 0 Å². The molecule has 0 aliphatic carbocycles. The van der Waals surface area contributed by atoms with Crippen LogP contribution in [0.15, 0.2) is 6.20 Å². The molecule has 6 heteroatoms. The molecule has 1 rings (SSSR count). The molecule has 8 heavy (non-hydrogen) atoms. The predicted molar refractivity (Wildman–Crippen MR) is 38.8 cm³/mol. The monoisotopic (exact) mass is 173 g/mol. The van der Waals surface area contributed by atoms with Crippen molar-refractivity contribution in [3.63, 3.8) is 0 Å². The minimum atomic E-state index is 0. The van der Waals surface area contributed by atoms with Gasteiger partial charge in [0.25, 0.3) is 0 Å². The molecule has 1 heterocycles. The number of hydrogen-bond acceptors (Lipinski definition) is 4. The van der Waals surface area contributed by atoms with Crippen molar-refractivity contribution in [2.24, 2.45) is 0 Å². The van der Waals surface area contributed by atoms with Crippen molar-refractivity contribution in [1.29, 1.82) is 0 Å². The number of nitrogens with two attached hydrogens (primary N) is 1. The summed E-state index contributed by atoms with van der Waals surface area (Å²) in [6.45, 7) is 0. The van der Waals surface area contributed by atoms with E-state index in [0.29, 0.717) is 5.00 Å². The normalized spacial score (nSPS) is 6.50. The molecule has 0 atom stereocenters. The fourth-order valence-electron chi connectivity index (χ4n) is 0.175. The molecule has 0 saturated heterocycles. The second-order valence-corrected chi connectivity index (χ2v) is 1.64. The fraction of sp³-hybridized carbons (Fsp3) is 0. The highest BCUT2D eigenvalue weighted by molar-refractivity contribution is 7.09. The van der Waals surface area contributed by atoms with Gasteiger partial charge in [0.05, 0.1) is 6.20 Å². The third kappa shape index (κ3) is 3.01. The second kappa shape index (κ2) is 5.08. The highest BCUT2D eigenvalue weighted by atomic mass is 35.5. The van der Waals surface area contributed by atoms with Crippen molar-refractivity contribution < 1.29 is 0 Å². The van der Waals surface area contributed by atoms with Crippen molar-refractivity contribution in [3.8, 4) is 0 Å². The lowest BCUT2D eigenvalue weighted by molar-refractivity contribution is 1.16. The molecule has 0 aliphatic heterocycles. The lowest BCUT2D eigenvalue weighted by atomic mass is 10.9. The van der Waals surface area contributed by atoms with Crippen molar-refractivity contribution in [1.82, 2.24) is 9.59 Å². The Kier molecular flexibility index (Phi) is 6.89. The summed E-state index contributed by atoms with van der Waals surface area (Å²) in [5.41, 5.74) is 5.17. The van der Waals surface area contributed by atoms with Gasteiger partial charge >= 0.3 is 0 Å². The first-order valence-electron chi connectivity index (χ1n) is 1.42. The highest BCUT2D eigenvalue weighted by Crippen LogP contribution is 1.99. The topological polar surface area (TPSA) is 51.8 Å². The van der Waals surface area contributed by atoms with Gasteiger partial charge < -0.3 is 5.73 Å². The van der Waals surface area contributed by atoms with Gasteiger partial charge in [-0.15, -0.1) is 29.9 Å². The van der Waals surface area contributed by atoms with E-state index in [1.807, 2.05) is 0 Å². The molecule has 3 nitrogen and oxygen atoms in total. The van der Waals surface area contributed by atoms with Gasteiger partial charge in [-0.1, -0.05) is 4.49 Å². The average Bonchev–Trinajstić information content (AvgIpc) is 1.86. The summed E-state index contributed by atoms with van der Waals surface area (Å²) in [4.78, 5) is 0. The Labute approximate surface area is 63.3 Å². The maximum atomic E-state index is 5.17. The first-order valence-corrected chi connectivity index (χ1v) is 2.20. The zero-order chi connectivity index (χ0) is 4.41. The molecule has 0 spiro atoms. The molecule has 1 aromatic rings. The standard InChI is InChI=1S/C2H3N3S.2ClH/c3-2-1-4-5-6-2;;/h1H,3H2;2*1H. The second-order valence-electron chi connectivity index (χ2n) is 0.820. The molecule has 0 amide bonds. The maximum absolute atomic E-state index is 5.17. The Morgan fingerprint density at radius 1 is 1.50 bits per heavy atom. The van der Waals surface area contributed by atoms with Crippen LogP contribution >= 0.6 is 36.3 Å². The molecule has 0 bridgehead atoms. The first-order chi connectivity index (χ1) is 2.89. The number of nitrogens with zero attached hydrogens (tertiary/aromatic N) is 2. The predicted octanol–water partition coefficient (Wildman–Crippen LogP) is 0.964. The van der Waals surface area contributed by atoms with Crippen LogP contribution in [-0.4, -0.2) is 9.59 Å². The van der Waals surface area contributed by atoms with Crippen LogP contribution in [0.3, 0.4) is 0 Å². The Hall–Kier alpha value is -0.0600. The lowest BCUT2D eigenvalue weighted by Gasteiger charge is -1.63. The maximum Gasteiger partial charge on any atom is 0.127 e. The van der Waals surface area contributed by atoms with Gasteiger partial charge in [0.2, 0.25) is 0 Å². The molecule has 0 fully saturated rings. The minimum Gasteiger partial charge on any atom is -0.388 e. The van der Waals surface area contributed by atoms with Crippen molar-refractivity contribution >= 4 is 41.3 Å². The van der Waals surface area contributed by atoms with Gasteiger partial charge in [-0.05, 0) is 0 Å². The smallest absolute Gasteiger partial charge is 0.127 e. The summed E-state index contributed by atoms with van der Waals surface area (Å²) < 4.78 is 3.49. The molecule has 0 aromatic carbocycles. The summed E-state index contributed by atoms with van der Waals surface area (Å²) in [7, 11) is 0. The lowest BCUT2D eigenvalue weighted by Crippen LogP contribution is -1.73. The van der Waals surface area contributed by atoms with Gasteiger partial charge in [0.15, 0.2) is 0 Å². The highest BCUT2D eigenvalue weighted by Gasteiger charge is 1.78. The van der Waals surface area contributed by atoms with Crippen LogP contribution in [0, 0.1) is 0 Å². The van der Waals surface area contributed by atoms with Gasteiger partial charge in [0.1, 0.15) is 5.00 Å². The Morgan fingerprint density at radius 3 is 2.25 bits per heavy atom. The van der Waals surface area contributed by atoms with E-state index < -0.39 is 0 Å². The van der Waals surface area contributed by atoms with E-state index in [-0.39, 0.29) is 24.8 Å². The molecule has 48 valence electrons. The van der Waals surface area contributed by atoms with E-state index in [1.54, 1.807) is 0 Å². The molecule has 0 unspecified atom stereocenters. The van der Waals surface area contributed by atoms with Gasteiger partial charge in [0, 0.05) is 11.5 Å². The van der Waals surface area contributed by atoms with Gasteiger partial charge in [-0.3, -0.25) is 0 Å². The van der Waals surface area contributed by atoms with Crippen molar-refractivity contribution in [2.75, 3.05) is 5.73 Å². The van der Waals surface area contributed by atoms with E-state index in [0.717, 1.165) is 0 Å². The van der Waals surface area contributed by atoms with E-state index in [9.17, 15) is 0 Å². The summed E-state index contributed by atoms with van der Waals surface area (Å²) in [5, 5.41) is 4.13. The number of rotatable bonds is 0. The number of nitrogen functional groups attached to an aromatic ring is 1. The number of hydrogen-bond donors (Lipinski definition) is 1. The van der Waals surface area contributed by atoms with Crippen LogP contribution in [-0.2, 0) is 0 Å². The zero-order valence-corrected chi connectivity index (χ0v) is 6.22. The van der Waals surface area contributed by atoms with Gasteiger partial charge in [-0.2, -0.15) is 0 Å². The summed E-state index contributed by atoms with van der Waals surface area (Å²) >= 11 is 1.19. The Bertz CT molecular complexity index is 119. The van der Waals surface area contributed by atoms with Crippen molar-refractivity contribution in [3.05, 3.63) is 6.20 Å². The molecule has 2 N–H and O–H groups in total. The Balaban J connectivity index is 0. The third-order valence-corrected chi connectivity index (χ3v) is 0.871. The minimum absolute atomic E-state index is 0. The van der Waals surface area contributed by atoms with E-state index in [1.165, 1.54) is 17.7 Å². The number of halogens is 2.